The number of ether oxygens (including phenoxy) is 4. The van der Waals surface area contributed by atoms with E-state index in [0.29, 0.717) is 12.8 Å². The number of carboxylic acid groups (broad SMARTS) is 1. The van der Waals surface area contributed by atoms with Gasteiger partial charge in [-0.25, -0.2) is 4.79 Å². The van der Waals surface area contributed by atoms with Crippen LogP contribution in [-0.4, -0.2) is 88.4 Å². The van der Waals surface area contributed by atoms with Gasteiger partial charge < -0.3 is 39.4 Å². The van der Waals surface area contributed by atoms with Gasteiger partial charge in [0.1, 0.15) is 24.9 Å². The van der Waals surface area contributed by atoms with Crippen molar-refractivity contribution in [1.29, 1.82) is 0 Å². The molecule has 0 aliphatic carbocycles. The van der Waals surface area contributed by atoms with Crippen molar-refractivity contribution < 1.29 is 53.8 Å². The molecule has 1 aliphatic rings. The van der Waals surface area contributed by atoms with Crippen LogP contribution in [0.3, 0.4) is 0 Å². The highest BCUT2D eigenvalue weighted by Gasteiger charge is 2.47. The smallest absolute Gasteiger partial charge is 0.335 e. The lowest BCUT2D eigenvalue weighted by molar-refractivity contribution is -0.298. The van der Waals surface area contributed by atoms with Crippen molar-refractivity contribution in [3.8, 4) is 0 Å². The number of rotatable bonds is 38. The molecule has 0 spiro atoms. The van der Waals surface area contributed by atoms with Crippen LogP contribution in [0.5, 0.6) is 0 Å². The standard InChI is InChI=1S/C51H82O11/c1-3-5-7-9-11-13-15-17-19-21-22-24-25-27-29-31-33-35-37-39-44(52)59-41-43(42-60-51-48(56)46(54)47(55)49(62-51)50(57)58)61-45(53)40-38-36-34-32-30-28-26-23-20-18-16-14-12-10-8-6-4-2/h5-8,11-14,17-20,22,24,43,46-49,51,54-56H,3-4,9-10,15-16,21,23,25-42H2,1-2H3,(H,57,58)/b7-5-,8-6-,13-11-,14-12-,19-17-,20-18-,24-22-. The molecule has 0 aromatic rings. The number of unbranched alkanes of at least 4 members (excludes halogenated alkanes) is 13. The fraction of sp³-hybridized carbons (Fsp3) is 0.667. The molecule has 0 aromatic heterocycles. The van der Waals surface area contributed by atoms with E-state index in [0.717, 1.165) is 122 Å². The van der Waals surface area contributed by atoms with Crippen LogP contribution < -0.4 is 0 Å². The molecule has 1 saturated heterocycles. The number of aliphatic hydroxyl groups excluding tert-OH is 3. The molecule has 0 amide bonds. The number of aliphatic carboxylic acids is 1. The molecule has 4 N–H and O–H groups in total. The largest absolute Gasteiger partial charge is 0.479 e. The highest BCUT2D eigenvalue weighted by Crippen LogP contribution is 2.23. The van der Waals surface area contributed by atoms with Crippen molar-refractivity contribution in [2.45, 2.75) is 205 Å². The summed E-state index contributed by atoms with van der Waals surface area (Å²) in [5.41, 5.74) is 0. The Labute approximate surface area is 373 Å². The average Bonchev–Trinajstić information content (AvgIpc) is 3.26. The number of carbonyl (C=O) groups excluding carboxylic acids is 2. The van der Waals surface area contributed by atoms with Crippen molar-refractivity contribution in [1.82, 2.24) is 0 Å². The van der Waals surface area contributed by atoms with Crippen molar-refractivity contribution in [3.05, 3.63) is 85.1 Å². The Morgan fingerprint density at radius 2 is 0.903 bits per heavy atom. The van der Waals surface area contributed by atoms with Crippen LogP contribution in [0.1, 0.15) is 168 Å². The highest BCUT2D eigenvalue weighted by molar-refractivity contribution is 5.73. The van der Waals surface area contributed by atoms with Gasteiger partial charge >= 0.3 is 17.9 Å². The normalized spacial score (nSPS) is 20.3. The maximum atomic E-state index is 12.8. The van der Waals surface area contributed by atoms with E-state index in [9.17, 15) is 34.8 Å². The quantitative estimate of drug-likeness (QED) is 0.0265. The Kier molecular flexibility index (Phi) is 36.6. The van der Waals surface area contributed by atoms with Crippen molar-refractivity contribution in [2.24, 2.45) is 0 Å². The molecule has 1 heterocycles. The predicted octanol–water partition coefficient (Wildman–Crippen LogP) is 10.6. The summed E-state index contributed by atoms with van der Waals surface area (Å²) in [6.45, 7) is 3.56. The van der Waals surface area contributed by atoms with Crippen LogP contribution >= 0.6 is 0 Å². The Balaban J connectivity index is 2.36. The Bertz CT molecular complexity index is 1350. The molecule has 11 nitrogen and oxygen atoms in total. The first kappa shape index (κ1) is 56.4. The molecule has 352 valence electrons. The number of allylic oxidation sites excluding steroid dienone is 14. The second-order valence-electron chi connectivity index (χ2n) is 15.8. The summed E-state index contributed by atoms with van der Waals surface area (Å²) in [6, 6.07) is 0. The third kappa shape index (κ3) is 31.3. The molecule has 1 rings (SSSR count). The zero-order chi connectivity index (χ0) is 45.3. The first-order chi connectivity index (χ1) is 30.2. The summed E-state index contributed by atoms with van der Waals surface area (Å²) in [5, 5.41) is 39.9. The summed E-state index contributed by atoms with van der Waals surface area (Å²) in [6.07, 6.45) is 43.4. The minimum Gasteiger partial charge on any atom is -0.479 e. The molecule has 1 aliphatic heterocycles. The Morgan fingerprint density at radius 1 is 0.500 bits per heavy atom. The second kappa shape index (κ2) is 40.2. The lowest BCUT2D eigenvalue weighted by Crippen LogP contribution is -2.60. The minimum absolute atomic E-state index is 0.163. The molecule has 0 aromatic carbocycles. The summed E-state index contributed by atoms with van der Waals surface area (Å²) in [5.74, 6) is -2.49. The predicted molar refractivity (Wildman–Crippen MR) is 247 cm³/mol. The topological polar surface area (TPSA) is 169 Å². The average molecular weight is 871 g/mol. The molecule has 6 atom stereocenters. The highest BCUT2D eigenvalue weighted by atomic mass is 16.7. The molecule has 0 radical (unpaired) electrons. The van der Waals surface area contributed by atoms with Gasteiger partial charge in [0.15, 0.2) is 18.5 Å². The van der Waals surface area contributed by atoms with Crippen LogP contribution in [-0.2, 0) is 33.3 Å². The first-order valence-electron chi connectivity index (χ1n) is 23.6. The number of hydrogen-bond donors (Lipinski definition) is 4. The van der Waals surface area contributed by atoms with Crippen LogP contribution in [0.25, 0.3) is 0 Å². The fourth-order valence-electron chi connectivity index (χ4n) is 6.59. The van der Waals surface area contributed by atoms with Gasteiger partial charge in [0.05, 0.1) is 6.61 Å². The Hall–Kier alpha value is -3.61. The van der Waals surface area contributed by atoms with Gasteiger partial charge in [0, 0.05) is 12.8 Å². The third-order valence-corrected chi connectivity index (χ3v) is 10.2. The molecule has 11 heteroatoms. The van der Waals surface area contributed by atoms with Gasteiger partial charge in [-0.2, -0.15) is 0 Å². The second-order valence-corrected chi connectivity index (χ2v) is 15.8. The van der Waals surface area contributed by atoms with E-state index in [1.807, 2.05) is 0 Å². The van der Waals surface area contributed by atoms with Gasteiger partial charge in [-0.05, 0) is 83.5 Å². The summed E-state index contributed by atoms with van der Waals surface area (Å²) >= 11 is 0. The van der Waals surface area contributed by atoms with Crippen LogP contribution in [0.15, 0.2) is 85.1 Å². The van der Waals surface area contributed by atoms with Gasteiger partial charge in [0.2, 0.25) is 0 Å². The Morgan fingerprint density at radius 3 is 1.35 bits per heavy atom. The van der Waals surface area contributed by atoms with E-state index in [1.165, 1.54) is 6.42 Å². The number of carboxylic acids is 1. The van der Waals surface area contributed by atoms with E-state index >= 15 is 0 Å². The zero-order valence-electron chi connectivity index (χ0n) is 38.1. The molecule has 1 fully saturated rings. The number of esters is 2. The molecule has 0 bridgehead atoms. The van der Waals surface area contributed by atoms with Gasteiger partial charge in [0.25, 0.3) is 0 Å². The third-order valence-electron chi connectivity index (χ3n) is 10.2. The van der Waals surface area contributed by atoms with Crippen molar-refractivity contribution in [2.75, 3.05) is 13.2 Å². The number of hydrogen-bond acceptors (Lipinski definition) is 10. The maximum Gasteiger partial charge on any atom is 0.335 e. The molecule has 0 saturated carbocycles. The van der Waals surface area contributed by atoms with E-state index < -0.39 is 61.3 Å². The monoisotopic (exact) mass is 871 g/mol. The maximum absolute atomic E-state index is 12.8. The lowest BCUT2D eigenvalue weighted by Gasteiger charge is -2.38. The van der Waals surface area contributed by atoms with Crippen LogP contribution in [0.2, 0.25) is 0 Å². The fourth-order valence-corrected chi connectivity index (χ4v) is 6.59. The van der Waals surface area contributed by atoms with E-state index in [1.54, 1.807) is 0 Å². The van der Waals surface area contributed by atoms with Crippen molar-refractivity contribution in [3.63, 3.8) is 0 Å². The van der Waals surface area contributed by atoms with Gasteiger partial charge in [-0.15, -0.1) is 0 Å². The van der Waals surface area contributed by atoms with Crippen LogP contribution in [0, 0.1) is 0 Å². The number of aliphatic hydroxyl groups is 3. The van der Waals surface area contributed by atoms with E-state index in [2.05, 4.69) is 98.9 Å². The lowest BCUT2D eigenvalue weighted by atomic mass is 9.99. The molecule has 62 heavy (non-hydrogen) atoms. The first-order valence-corrected chi connectivity index (χ1v) is 23.6. The van der Waals surface area contributed by atoms with Gasteiger partial charge in [-0.1, -0.05) is 157 Å². The summed E-state index contributed by atoms with van der Waals surface area (Å²) in [4.78, 5) is 36.9. The summed E-state index contributed by atoms with van der Waals surface area (Å²) in [7, 11) is 0. The SMILES string of the molecule is CC/C=C\C/C=C\C/C=C\C/C=C\CCCCCCCCC(=O)OCC(COC1OC(C(=O)O)C(O)C(O)C1O)OC(=O)CCCCCCCCC/C=C\C/C=C\C/C=C\CC. The van der Waals surface area contributed by atoms with E-state index in [4.69, 9.17) is 18.9 Å². The zero-order valence-corrected chi connectivity index (χ0v) is 38.1. The van der Waals surface area contributed by atoms with Gasteiger partial charge in [-0.3, -0.25) is 9.59 Å². The van der Waals surface area contributed by atoms with Crippen molar-refractivity contribution >= 4 is 17.9 Å². The molecule has 6 unspecified atom stereocenters. The summed E-state index contributed by atoms with van der Waals surface area (Å²) < 4.78 is 21.8. The molecular weight excluding hydrogens is 789 g/mol. The minimum atomic E-state index is -1.87. The van der Waals surface area contributed by atoms with Crippen LogP contribution in [0.4, 0.5) is 0 Å². The molecular formula is C51H82O11. The number of carbonyl (C=O) groups is 3. The van der Waals surface area contributed by atoms with E-state index in [-0.39, 0.29) is 19.4 Å².